The zero-order valence-corrected chi connectivity index (χ0v) is 15.6. The Balaban J connectivity index is 2.08. The minimum Gasteiger partial charge on any atom is -0.290 e. The summed E-state index contributed by atoms with van der Waals surface area (Å²) in [5, 5.41) is 0.913. The van der Waals surface area contributed by atoms with Crippen LogP contribution >= 0.6 is 23.2 Å². The number of aromatic nitrogens is 2. The molecular formula is C19H12Cl2N2O2S. The smallest absolute Gasteiger partial charge is 0.224 e. The van der Waals surface area contributed by atoms with E-state index in [0.717, 1.165) is 0 Å². The van der Waals surface area contributed by atoms with Crippen LogP contribution in [0.5, 0.6) is 0 Å². The van der Waals surface area contributed by atoms with Crippen molar-refractivity contribution in [2.24, 2.45) is 0 Å². The number of hydrogen-bond acceptors (Lipinski definition) is 3. The molecule has 0 aliphatic heterocycles. The molecule has 0 bridgehead atoms. The summed E-state index contributed by atoms with van der Waals surface area (Å²) in [5.41, 5.74) is 1.53. The predicted molar refractivity (Wildman–Crippen MR) is 103 cm³/mol. The van der Waals surface area contributed by atoms with Crippen LogP contribution in [-0.2, 0) is 9.84 Å². The molecule has 0 saturated carbocycles. The van der Waals surface area contributed by atoms with Crippen LogP contribution in [0.2, 0.25) is 10.0 Å². The zero-order chi connectivity index (χ0) is 18.3. The second-order valence-electron chi connectivity index (χ2n) is 5.67. The van der Waals surface area contributed by atoms with Crippen LogP contribution in [-0.4, -0.2) is 17.8 Å². The number of imidazole rings is 1. The van der Waals surface area contributed by atoms with Gasteiger partial charge in [-0.2, -0.15) is 0 Å². The Kier molecular flexibility index (Phi) is 4.23. The third-order valence-electron chi connectivity index (χ3n) is 3.95. The van der Waals surface area contributed by atoms with E-state index in [1.165, 1.54) is 16.5 Å². The maximum atomic E-state index is 13.4. The van der Waals surface area contributed by atoms with Crippen LogP contribution in [0.15, 0.2) is 82.8 Å². The Morgan fingerprint density at radius 1 is 0.846 bits per heavy atom. The average molecular weight is 403 g/mol. The van der Waals surface area contributed by atoms with Crippen molar-refractivity contribution in [3.63, 3.8) is 0 Å². The summed E-state index contributed by atoms with van der Waals surface area (Å²) in [4.78, 5) is 4.63. The number of fused-ring (bicyclic) bond motifs is 1. The van der Waals surface area contributed by atoms with Gasteiger partial charge in [-0.05, 0) is 24.3 Å². The second kappa shape index (κ2) is 6.43. The van der Waals surface area contributed by atoms with E-state index in [9.17, 15) is 8.42 Å². The molecule has 0 atom stereocenters. The van der Waals surface area contributed by atoms with Gasteiger partial charge >= 0.3 is 0 Å². The molecule has 0 amide bonds. The van der Waals surface area contributed by atoms with Crippen LogP contribution < -0.4 is 0 Å². The SMILES string of the molecule is O=S(=O)(c1cccc(Cl)c1)c1c(-c2ccccc2)nc2cc(Cl)ccn12. The molecule has 4 nitrogen and oxygen atoms in total. The normalized spacial score (nSPS) is 11.8. The topological polar surface area (TPSA) is 51.4 Å². The average Bonchev–Trinajstić information content (AvgIpc) is 3.01. The molecule has 7 heteroatoms. The minimum absolute atomic E-state index is 0.0811. The Morgan fingerprint density at radius 2 is 1.58 bits per heavy atom. The second-order valence-corrected chi connectivity index (χ2v) is 8.40. The molecule has 0 spiro atoms. The first-order valence-corrected chi connectivity index (χ1v) is 9.94. The van der Waals surface area contributed by atoms with Crippen molar-refractivity contribution in [1.29, 1.82) is 0 Å². The molecule has 130 valence electrons. The van der Waals surface area contributed by atoms with Crippen molar-refractivity contribution in [3.8, 4) is 11.3 Å². The summed E-state index contributed by atoms with van der Waals surface area (Å²) >= 11 is 12.1. The number of hydrogen-bond donors (Lipinski definition) is 0. The standard InChI is InChI=1S/C19H12Cl2N2O2S/c20-14-7-4-8-16(11-14)26(24,25)19-18(13-5-2-1-3-6-13)22-17-12-15(21)9-10-23(17)19/h1-12H. The van der Waals surface area contributed by atoms with Gasteiger partial charge in [-0.25, -0.2) is 13.4 Å². The highest BCUT2D eigenvalue weighted by Gasteiger charge is 2.28. The van der Waals surface area contributed by atoms with E-state index in [2.05, 4.69) is 4.98 Å². The van der Waals surface area contributed by atoms with E-state index in [1.807, 2.05) is 30.3 Å². The van der Waals surface area contributed by atoms with E-state index >= 15 is 0 Å². The number of pyridine rings is 1. The summed E-state index contributed by atoms with van der Waals surface area (Å²) in [5.74, 6) is 0. The van der Waals surface area contributed by atoms with Gasteiger partial charge in [-0.15, -0.1) is 0 Å². The van der Waals surface area contributed by atoms with Crippen molar-refractivity contribution in [2.45, 2.75) is 9.92 Å². The van der Waals surface area contributed by atoms with Crippen LogP contribution in [0.3, 0.4) is 0 Å². The molecule has 26 heavy (non-hydrogen) atoms. The molecular weight excluding hydrogens is 391 g/mol. The summed E-state index contributed by atoms with van der Waals surface area (Å²) < 4.78 is 28.3. The van der Waals surface area contributed by atoms with Crippen LogP contribution in [0.25, 0.3) is 16.9 Å². The van der Waals surface area contributed by atoms with Crippen molar-refractivity contribution in [3.05, 3.63) is 83.0 Å². The summed E-state index contributed by atoms with van der Waals surface area (Å²) in [6, 6.07) is 18.6. The fourth-order valence-electron chi connectivity index (χ4n) is 2.78. The lowest BCUT2D eigenvalue weighted by molar-refractivity contribution is 0.591. The van der Waals surface area contributed by atoms with Gasteiger partial charge in [0.05, 0.1) is 4.90 Å². The molecule has 0 aliphatic rings. The number of sulfone groups is 1. The van der Waals surface area contributed by atoms with Crippen molar-refractivity contribution in [2.75, 3.05) is 0 Å². The highest BCUT2D eigenvalue weighted by Crippen LogP contribution is 2.33. The third-order valence-corrected chi connectivity index (χ3v) is 6.20. The van der Waals surface area contributed by atoms with Gasteiger partial charge < -0.3 is 0 Å². The van der Waals surface area contributed by atoms with E-state index in [-0.39, 0.29) is 9.92 Å². The fourth-order valence-corrected chi connectivity index (χ4v) is 4.79. The van der Waals surface area contributed by atoms with Gasteiger partial charge in [0.2, 0.25) is 9.84 Å². The molecule has 0 unspecified atom stereocenters. The van der Waals surface area contributed by atoms with E-state index in [0.29, 0.717) is 26.9 Å². The highest BCUT2D eigenvalue weighted by atomic mass is 35.5. The monoisotopic (exact) mass is 402 g/mol. The van der Waals surface area contributed by atoms with Gasteiger partial charge in [-0.1, -0.05) is 59.6 Å². The summed E-state index contributed by atoms with van der Waals surface area (Å²) in [7, 11) is -3.86. The summed E-state index contributed by atoms with van der Waals surface area (Å²) in [6.45, 7) is 0. The lowest BCUT2D eigenvalue weighted by Crippen LogP contribution is -2.07. The maximum Gasteiger partial charge on any atom is 0.224 e. The largest absolute Gasteiger partial charge is 0.290 e. The molecule has 2 heterocycles. The van der Waals surface area contributed by atoms with Gasteiger partial charge in [0.25, 0.3) is 0 Å². The lowest BCUT2D eigenvalue weighted by atomic mass is 10.2. The number of rotatable bonds is 3. The Morgan fingerprint density at radius 3 is 2.31 bits per heavy atom. The van der Waals surface area contributed by atoms with Crippen molar-refractivity contribution in [1.82, 2.24) is 9.38 Å². The molecule has 0 N–H and O–H groups in total. The molecule has 2 aromatic carbocycles. The third kappa shape index (κ3) is 2.88. The van der Waals surface area contributed by atoms with Crippen LogP contribution in [0.1, 0.15) is 0 Å². The first kappa shape index (κ1) is 17.1. The van der Waals surface area contributed by atoms with Crippen molar-refractivity contribution < 1.29 is 8.42 Å². The highest BCUT2D eigenvalue weighted by molar-refractivity contribution is 7.91. The van der Waals surface area contributed by atoms with Gasteiger partial charge in [0, 0.05) is 27.9 Å². The first-order valence-electron chi connectivity index (χ1n) is 7.70. The van der Waals surface area contributed by atoms with Gasteiger partial charge in [0.15, 0.2) is 5.03 Å². The number of benzene rings is 2. The zero-order valence-electron chi connectivity index (χ0n) is 13.3. The summed E-state index contributed by atoms with van der Waals surface area (Å²) in [6.07, 6.45) is 1.61. The quantitative estimate of drug-likeness (QED) is 0.476. The molecule has 4 rings (SSSR count). The van der Waals surface area contributed by atoms with Crippen LogP contribution in [0, 0.1) is 0 Å². The fraction of sp³-hybridized carbons (Fsp3) is 0. The molecule has 2 aromatic heterocycles. The Bertz CT molecular complexity index is 1220. The van der Waals surface area contributed by atoms with Crippen molar-refractivity contribution >= 4 is 38.7 Å². The molecule has 4 aromatic rings. The van der Waals surface area contributed by atoms with Crippen LogP contribution in [0.4, 0.5) is 0 Å². The molecule has 0 fully saturated rings. The van der Waals surface area contributed by atoms with Gasteiger partial charge in [0.1, 0.15) is 11.3 Å². The molecule has 0 saturated heterocycles. The van der Waals surface area contributed by atoms with E-state index in [4.69, 9.17) is 23.2 Å². The predicted octanol–water partition coefficient (Wildman–Crippen LogP) is 5.14. The first-order chi connectivity index (χ1) is 12.5. The lowest BCUT2D eigenvalue weighted by Gasteiger charge is -2.08. The number of nitrogens with zero attached hydrogens (tertiary/aromatic N) is 2. The van der Waals surface area contributed by atoms with E-state index < -0.39 is 9.84 Å². The Hall–Kier alpha value is -2.34. The number of halogens is 2. The molecule has 0 aliphatic carbocycles. The molecule has 0 radical (unpaired) electrons. The minimum atomic E-state index is -3.86. The van der Waals surface area contributed by atoms with E-state index in [1.54, 1.807) is 30.5 Å². The van der Waals surface area contributed by atoms with Gasteiger partial charge in [-0.3, -0.25) is 4.40 Å². The Labute approximate surface area is 160 Å². The maximum absolute atomic E-state index is 13.4.